The molecule has 172 valence electrons. The van der Waals surface area contributed by atoms with E-state index in [2.05, 4.69) is 5.43 Å². The van der Waals surface area contributed by atoms with E-state index < -0.39 is 36.3 Å². The number of nitrogens with zero attached hydrogens (tertiary/aromatic N) is 1. The van der Waals surface area contributed by atoms with E-state index >= 15 is 0 Å². The number of rotatable bonds is 9. The lowest BCUT2D eigenvalue weighted by Crippen LogP contribution is -2.49. The summed E-state index contributed by atoms with van der Waals surface area (Å²) < 4.78 is 19.6. The van der Waals surface area contributed by atoms with Crippen LogP contribution in [0.3, 0.4) is 0 Å². The Balaban J connectivity index is 2.23. The van der Waals surface area contributed by atoms with Gasteiger partial charge in [-0.2, -0.15) is 0 Å². The third-order valence-electron chi connectivity index (χ3n) is 4.25. The minimum Gasteiger partial charge on any atom is -0.479 e. The number of amides is 1. The molecule has 2 aromatic carbocycles. The van der Waals surface area contributed by atoms with Crippen LogP contribution in [-0.4, -0.2) is 52.3 Å². The van der Waals surface area contributed by atoms with E-state index in [1.165, 1.54) is 6.07 Å². The lowest BCUT2D eigenvalue weighted by Gasteiger charge is -2.24. The number of halogens is 2. The van der Waals surface area contributed by atoms with Gasteiger partial charge in [-0.1, -0.05) is 55.8 Å². The number of aliphatic hydroxyl groups excluding tert-OH is 1. The van der Waals surface area contributed by atoms with Crippen molar-refractivity contribution in [3.05, 3.63) is 58.9 Å². The molecule has 10 heteroatoms. The summed E-state index contributed by atoms with van der Waals surface area (Å²) in [5.41, 5.74) is 3.26. The summed E-state index contributed by atoms with van der Waals surface area (Å²) >= 11 is 6.30. The second-order valence-corrected chi connectivity index (χ2v) is 7.86. The number of hydrogen-bond acceptors (Lipinski definition) is 6. The lowest BCUT2D eigenvalue weighted by molar-refractivity contribution is -0.159. The van der Waals surface area contributed by atoms with E-state index in [0.717, 1.165) is 11.1 Å². The highest BCUT2D eigenvalue weighted by Crippen LogP contribution is 2.29. The molecule has 3 N–H and O–H groups in total. The number of carbonyl (C=O) groups excluding carboxylic acids is 2. The number of benzene rings is 2. The van der Waals surface area contributed by atoms with Crippen LogP contribution in [0.4, 0.5) is 4.39 Å². The summed E-state index contributed by atoms with van der Waals surface area (Å²) in [5.74, 6) is -4.46. The minimum atomic E-state index is -1.88. The van der Waals surface area contributed by atoms with Gasteiger partial charge in [0.15, 0.2) is 6.10 Å². The first-order chi connectivity index (χ1) is 15.1. The number of carboxylic acids is 1. The van der Waals surface area contributed by atoms with Crippen LogP contribution in [0.1, 0.15) is 19.4 Å². The molecule has 0 aromatic heterocycles. The van der Waals surface area contributed by atoms with E-state index in [9.17, 15) is 23.9 Å². The van der Waals surface area contributed by atoms with Crippen LogP contribution in [0.2, 0.25) is 5.02 Å². The predicted octanol–water partition coefficient (Wildman–Crippen LogP) is 2.62. The summed E-state index contributed by atoms with van der Waals surface area (Å²) in [7, 11) is 0. The topological polar surface area (TPSA) is 116 Å². The number of carboxylic acid groups (broad SMARTS) is 1. The Hall–Kier alpha value is -3.01. The molecule has 0 heterocycles. The smallest absolute Gasteiger partial charge is 0.398 e. The molecule has 2 rings (SSSR count). The molecule has 0 aliphatic carbocycles. The molecule has 0 bridgehead atoms. The van der Waals surface area contributed by atoms with Crippen molar-refractivity contribution in [3.63, 3.8) is 0 Å². The zero-order valence-corrected chi connectivity index (χ0v) is 18.3. The molecule has 0 aliphatic heterocycles. The molecular formula is C22H24ClFN2O6. The molecule has 0 fully saturated rings. The molecule has 0 saturated carbocycles. The largest absolute Gasteiger partial charge is 0.479 e. The maximum Gasteiger partial charge on any atom is 0.398 e. The average molecular weight is 467 g/mol. The van der Waals surface area contributed by atoms with Crippen molar-refractivity contribution in [3.8, 4) is 11.1 Å². The second-order valence-electron chi connectivity index (χ2n) is 7.46. The number of aliphatic hydroxyl groups is 1. The maximum absolute atomic E-state index is 14.7. The van der Waals surface area contributed by atoms with Gasteiger partial charge in [0.05, 0.1) is 13.2 Å². The third kappa shape index (κ3) is 7.30. The Morgan fingerprint density at radius 1 is 1.19 bits per heavy atom. The number of ether oxygens (including phenoxy) is 1. The first-order valence-corrected chi connectivity index (χ1v) is 10.1. The number of esters is 1. The number of hydrazine groups is 1. The van der Waals surface area contributed by atoms with Gasteiger partial charge in [0.25, 0.3) is 0 Å². The number of nitrogens with one attached hydrogen (secondary N) is 1. The van der Waals surface area contributed by atoms with Crippen LogP contribution in [0.25, 0.3) is 11.1 Å². The van der Waals surface area contributed by atoms with E-state index in [1.807, 2.05) is 0 Å². The number of carbonyl (C=O) groups is 3. The summed E-state index contributed by atoms with van der Waals surface area (Å²) in [6.07, 6.45) is -1.88. The molecule has 0 aliphatic rings. The lowest BCUT2D eigenvalue weighted by atomic mass is 10.0. The van der Waals surface area contributed by atoms with Gasteiger partial charge in [-0.05, 0) is 29.2 Å². The zero-order valence-electron chi connectivity index (χ0n) is 17.5. The Bertz CT molecular complexity index is 970. The van der Waals surface area contributed by atoms with Gasteiger partial charge in [-0.3, -0.25) is 10.2 Å². The van der Waals surface area contributed by atoms with Crippen molar-refractivity contribution >= 4 is 29.4 Å². The molecular weight excluding hydrogens is 443 g/mol. The highest BCUT2D eigenvalue weighted by atomic mass is 35.5. The van der Waals surface area contributed by atoms with Gasteiger partial charge in [-0.15, -0.1) is 0 Å². The normalized spacial score (nSPS) is 12.0. The second kappa shape index (κ2) is 11.6. The molecule has 0 unspecified atom stereocenters. The van der Waals surface area contributed by atoms with Crippen LogP contribution >= 0.6 is 11.6 Å². The summed E-state index contributed by atoms with van der Waals surface area (Å²) in [5, 5.41) is 19.8. The fourth-order valence-corrected chi connectivity index (χ4v) is 2.91. The monoisotopic (exact) mass is 466 g/mol. The molecule has 1 amide bonds. The Morgan fingerprint density at radius 2 is 1.84 bits per heavy atom. The SMILES string of the molecule is CC(C)COC(=O)C(=O)NN(Cc1cc(F)c(-c2ccccc2)cc1Cl)C[C@@H](O)C(=O)O. The van der Waals surface area contributed by atoms with E-state index in [-0.39, 0.29) is 35.2 Å². The summed E-state index contributed by atoms with van der Waals surface area (Å²) in [4.78, 5) is 35.0. The first-order valence-electron chi connectivity index (χ1n) is 9.75. The van der Waals surface area contributed by atoms with Gasteiger partial charge < -0.3 is 14.9 Å². The third-order valence-corrected chi connectivity index (χ3v) is 4.61. The standard InChI is InChI=1S/C22H24ClFN2O6/c1-13(2)12-32-22(31)20(28)25-26(11-19(27)21(29)30)10-15-8-18(24)16(9-17(15)23)14-6-4-3-5-7-14/h3-9,13,19,27H,10-12H2,1-2H3,(H,25,28)(H,29,30)/t19-/m1/s1. The van der Waals surface area contributed by atoms with Crippen molar-refractivity contribution in [2.45, 2.75) is 26.5 Å². The van der Waals surface area contributed by atoms with Gasteiger partial charge in [0, 0.05) is 17.1 Å². The average Bonchev–Trinajstić information content (AvgIpc) is 2.74. The Kier molecular flexibility index (Phi) is 9.13. The van der Waals surface area contributed by atoms with Crippen LogP contribution in [0.5, 0.6) is 0 Å². The van der Waals surface area contributed by atoms with E-state index in [4.69, 9.17) is 21.4 Å². The van der Waals surface area contributed by atoms with E-state index in [1.54, 1.807) is 44.2 Å². The van der Waals surface area contributed by atoms with Crippen molar-refractivity contribution in [1.29, 1.82) is 0 Å². The van der Waals surface area contributed by atoms with Crippen molar-refractivity contribution in [2.24, 2.45) is 5.92 Å². The van der Waals surface area contributed by atoms with Crippen molar-refractivity contribution < 1.29 is 33.7 Å². The van der Waals surface area contributed by atoms with Gasteiger partial charge in [0.1, 0.15) is 5.82 Å². The molecule has 1 atom stereocenters. The summed E-state index contributed by atoms with van der Waals surface area (Å²) in [6.45, 7) is 2.73. The predicted molar refractivity (Wildman–Crippen MR) is 115 cm³/mol. The number of hydrogen-bond donors (Lipinski definition) is 3. The fourth-order valence-electron chi connectivity index (χ4n) is 2.69. The maximum atomic E-state index is 14.7. The van der Waals surface area contributed by atoms with E-state index in [0.29, 0.717) is 5.56 Å². The summed E-state index contributed by atoms with van der Waals surface area (Å²) in [6, 6.07) is 11.3. The highest BCUT2D eigenvalue weighted by Gasteiger charge is 2.24. The molecule has 0 spiro atoms. The molecule has 0 saturated heterocycles. The first kappa shape index (κ1) is 25.3. The Morgan fingerprint density at radius 3 is 2.44 bits per heavy atom. The Labute approximate surface area is 189 Å². The molecule has 32 heavy (non-hydrogen) atoms. The number of aliphatic carboxylic acids is 1. The highest BCUT2D eigenvalue weighted by molar-refractivity contribution is 6.32. The van der Waals surface area contributed by atoms with Gasteiger partial charge in [0.2, 0.25) is 0 Å². The molecule has 8 nitrogen and oxygen atoms in total. The molecule has 2 aromatic rings. The van der Waals surface area contributed by atoms with Gasteiger partial charge >= 0.3 is 17.8 Å². The van der Waals surface area contributed by atoms with Crippen LogP contribution in [-0.2, 0) is 25.7 Å². The molecule has 0 radical (unpaired) electrons. The zero-order chi connectivity index (χ0) is 23.8. The van der Waals surface area contributed by atoms with Crippen LogP contribution < -0.4 is 5.43 Å². The minimum absolute atomic E-state index is 0.00148. The van der Waals surface area contributed by atoms with Gasteiger partial charge in [-0.25, -0.2) is 19.0 Å². The van der Waals surface area contributed by atoms with Crippen molar-refractivity contribution in [1.82, 2.24) is 10.4 Å². The fraction of sp³-hybridized carbons (Fsp3) is 0.318. The van der Waals surface area contributed by atoms with Crippen LogP contribution in [0.15, 0.2) is 42.5 Å². The quantitative estimate of drug-likeness (QED) is 0.295. The van der Waals surface area contributed by atoms with Crippen molar-refractivity contribution in [2.75, 3.05) is 13.2 Å². The van der Waals surface area contributed by atoms with Crippen LogP contribution in [0, 0.1) is 11.7 Å².